The van der Waals surface area contributed by atoms with Crippen molar-refractivity contribution in [3.05, 3.63) is 0 Å². The Bertz CT molecular complexity index is 326. The monoisotopic (exact) mass is 266 g/mol. The molecule has 1 heterocycles. The summed E-state index contributed by atoms with van der Waals surface area (Å²) >= 11 is 0. The van der Waals surface area contributed by atoms with Crippen LogP contribution < -0.4 is 5.32 Å². The van der Waals surface area contributed by atoms with Gasteiger partial charge in [-0.1, -0.05) is 6.92 Å². The molecule has 108 valence electrons. The highest BCUT2D eigenvalue weighted by atomic mass is 16.2. The number of rotatable bonds is 5. The summed E-state index contributed by atoms with van der Waals surface area (Å²) in [4.78, 5) is 25.5. The van der Waals surface area contributed by atoms with E-state index >= 15 is 0 Å². The summed E-state index contributed by atoms with van der Waals surface area (Å²) in [5.41, 5.74) is 0. The first kappa shape index (κ1) is 14.4. The van der Waals surface area contributed by atoms with Crippen molar-refractivity contribution < 1.29 is 9.59 Å². The fraction of sp³-hybridized carbons (Fsp3) is 0.867. The molecule has 0 bridgehead atoms. The molecule has 2 amide bonds. The molecule has 0 aromatic heterocycles. The average Bonchev–Trinajstić information content (AvgIpc) is 3.21. The zero-order valence-corrected chi connectivity index (χ0v) is 12.0. The molecule has 0 spiro atoms. The van der Waals surface area contributed by atoms with Crippen molar-refractivity contribution >= 4 is 11.8 Å². The number of likely N-dealkylation sites (tertiary alicyclic amines) is 1. The normalized spacial score (nSPS) is 23.8. The van der Waals surface area contributed by atoms with Gasteiger partial charge in [-0.2, -0.15) is 0 Å². The Hall–Kier alpha value is -1.06. The molecule has 2 aliphatic rings. The second-order valence-electron chi connectivity index (χ2n) is 6.09. The average molecular weight is 266 g/mol. The largest absolute Gasteiger partial charge is 0.356 e. The lowest BCUT2D eigenvalue weighted by atomic mass is 10.0. The highest BCUT2D eigenvalue weighted by Gasteiger charge is 2.29. The SMILES string of the molecule is C[C@@H]1CCCN(C(=O)CCCNC(=O)C2CC2)CC1. The molecule has 1 atom stereocenters. The summed E-state index contributed by atoms with van der Waals surface area (Å²) in [6.07, 6.45) is 6.91. The number of nitrogens with zero attached hydrogens (tertiary/aromatic N) is 1. The third kappa shape index (κ3) is 4.84. The molecule has 1 saturated carbocycles. The van der Waals surface area contributed by atoms with Crippen molar-refractivity contribution in [2.24, 2.45) is 11.8 Å². The van der Waals surface area contributed by atoms with E-state index in [0.717, 1.165) is 51.1 Å². The van der Waals surface area contributed by atoms with E-state index in [4.69, 9.17) is 0 Å². The van der Waals surface area contributed by atoms with Crippen LogP contribution in [0.15, 0.2) is 0 Å². The highest BCUT2D eigenvalue weighted by molar-refractivity contribution is 5.81. The molecule has 2 fully saturated rings. The van der Waals surface area contributed by atoms with Crippen molar-refractivity contribution in [3.63, 3.8) is 0 Å². The molecule has 1 aliphatic carbocycles. The van der Waals surface area contributed by atoms with Crippen molar-refractivity contribution in [2.45, 2.75) is 51.9 Å². The Morgan fingerprint density at radius 1 is 1.16 bits per heavy atom. The molecular weight excluding hydrogens is 240 g/mol. The molecular formula is C15H26N2O2. The maximum absolute atomic E-state index is 12.1. The Morgan fingerprint density at radius 3 is 2.68 bits per heavy atom. The zero-order chi connectivity index (χ0) is 13.7. The second-order valence-corrected chi connectivity index (χ2v) is 6.09. The first-order valence-corrected chi connectivity index (χ1v) is 7.72. The lowest BCUT2D eigenvalue weighted by Gasteiger charge is -2.20. The van der Waals surface area contributed by atoms with Crippen LogP contribution >= 0.6 is 0 Å². The van der Waals surface area contributed by atoms with Gasteiger partial charge in [-0.25, -0.2) is 0 Å². The van der Waals surface area contributed by atoms with E-state index in [1.54, 1.807) is 0 Å². The summed E-state index contributed by atoms with van der Waals surface area (Å²) in [5, 5.41) is 2.91. The lowest BCUT2D eigenvalue weighted by Crippen LogP contribution is -2.33. The van der Waals surface area contributed by atoms with Crippen molar-refractivity contribution in [3.8, 4) is 0 Å². The molecule has 1 aliphatic heterocycles. The van der Waals surface area contributed by atoms with E-state index in [-0.39, 0.29) is 17.7 Å². The topological polar surface area (TPSA) is 49.4 Å². The van der Waals surface area contributed by atoms with Crippen molar-refractivity contribution in [1.82, 2.24) is 10.2 Å². The number of nitrogens with one attached hydrogen (secondary N) is 1. The van der Waals surface area contributed by atoms with Crippen LogP contribution in [-0.2, 0) is 9.59 Å². The van der Waals surface area contributed by atoms with Gasteiger partial charge in [-0.3, -0.25) is 9.59 Å². The number of amides is 2. The predicted molar refractivity (Wildman–Crippen MR) is 74.6 cm³/mol. The molecule has 0 unspecified atom stereocenters. The maximum Gasteiger partial charge on any atom is 0.223 e. The number of hydrogen-bond acceptors (Lipinski definition) is 2. The summed E-state index contributed by atoms with van der Waals surface area (Å²) in [6, 6.07) is 0. The van der Waals surface area contributed by atoms with Gasteiger partial charge < -0.3 is 10.2 Å². The van der Waals surface area contributed by atoms with Crippen LogP contribution in [0.1, 0.15) is 51.9 Å². The van der Waals surface area contributed by atoms with Gasteiger partial charge in [0.25, 0.3) is 0 Å². The molecule has 0 radical (unpaired) electrons. The van der Waals surface area contributed by atoms with Gasteiger partial charge in [0, 0.05) is 32.0 Å². The minimum Gasteiger partial charge on any atom is -0.356 e. The standard InChI is InChI=1S/C15H26N2O2/c1-12-4-3-10-17(11-8-12)14(18)5-2-9-16-15(19)13-6-7-13/h12-13H,2-11H2,1H3,(H,16,19)/t12-/m1/s1. The summed E-state index contributed by atoms with van der Waals surface area (Å²) in [6.45, 7) is 4.73. The van der Waals surface area contributed by atoms with Gasteiger partial charge in [-0.15, -0.1) is 0 Å². The Kier molecular flexibility index (Phi) is 5.23. The number of carbonyl (C=O) groups is 2. The van der Waals surface area contributed by atoms with Crippen LogP contribution in [0.5, 0.6) is 0 Å². The van der Waals surface area contributed by atoms with Crippen LogP contribution in [0.3, 0.4) is 0 Å². The molecule has 2 rings (SSSR count). The zero-order valence-electron chi connectivity index (χ0n) is 12.0. The fourth-order valence-electron chi connectivity index (χ4n) is 2.61. The fourth-order valence-corrected chi connectivity index (χ4v) is 2.61. The van der Waals surface area contributed by atoms with E-state index in [0.29, 0.717) is 13.0 Å². The lowest BCUT2D eigenvalue weighted by molar-refractivity contribution is -0.131. The molecule has 1 N–H and O–H groups in total. The number of carbonyl (C=O) groups excluding carboxylic acids is 2. The highest BCUT2D eigenvalue weighted by Crippen LogP contribution is 2.28. The summed E-state index contributed by atoms with van der Waals surface area (Å²) in [7, 11) is 0. The van der Waals surface area contributed by atoms with Crippen molar-refractivity contribution in [2.75, 3.05) is 19.6 Å². The van der Waals surface area contributed by atoms with Crippen LogP contribution in [0.25, 0.3) is 0 Å². The Labute approximate surface area is 115 Å². The molecule has 4 heteroatoms. The molecule has 1 saturated heterocycles. The third-order valence-electron chi connectivity index (χ3n) is 4.18. The van der Waals surface area contributed by atoms with Gasteiger partial charge in [0.1, 0.15) is 0 Å². The Morgan fingerprint density at radius 2 is 1.95 bits per heavy atom. The Balaban J connectivity index is 1.59. The summed E-state index contributed by atoms with van der Waals surface area (Å²) in [5.74, 6) is 1.45. The van der Waals surface area contributed by atoms with E-state index in [1.165, 1.54) is 6.42 Å². The smallest absolute Gasteiger partial charge is 0.223 e. The van der Waals surface area contributed by atoms with Crippen molar-refractivity contribution in [1.29, 1.82) is 0 Å². The van der Waals surface area contributed by atoms with Crippen LogP contribution in [0.2, 0.25) is 0 Å². The van der Waals surface area contributed by atoms with Crippen LogP contribution in [-0.4, -0.2) is 36.3 Å². The van der Waals surface area contributed by atoms with Crippen LogP contribution in [0, 0.1) is 11.8 Å². The van der Waals surface area contributed by atoms with E-state index < -0.39 is 0 Å². The van der Waals surface area contributed by atoms with Gasteiger partial charge in [0.05, 0.1) is 0 Å². The minimum atomic E-state index is 0.177. The molecule has 0 aromatic carbocycles. The quantitative estimate of drug-likeness (QED) is 0.773. The van der Waals surface area contributed by atoms with Gasteiger partial charge in [0.2, 0.25) is 11.8 Å². The minimum absolute atomic E-state index is 0.177. The first-order valence-electron chi connectivity index (χ1n) is 7.72. The molecule has 4 nitrogen and oxygen atoms in total. The van der Waals surface area contributed by atoms with Gasteiger partial charge in [0.15, 0.2) is 0 Å². The number of hydrogen-bond donors (Lipinski definition) is 1. The summed E-state index contributed by atoms with van der Waals surface area (Å²) < 4.78 is 0. The first-order chi connectivity index (χ1) is 9.16. The molecule has 19 heavy (non-hydrogen) atoms. The second kappa shape index (κ2) is 6.92. The molecule has 0 aromatic rings. The maximum atomic E-state index is 12.1. The van der Waals surface area contributed by atoms with Crippen LogP contribution in [0.4, 0.5) is 0 Å². The predicted octanol–water partition coefficient (Wildman–Crippen LogP) is 1.94. The van der Waals surface area contributed by atoms with E-state index in [1.807, 2.05) is 4.90 Å². The van der Waals surface area contributed by atoms with Gasteiger partial charge in [-0.05, 0) is 44.4 Å². The third-order valence-corrected chi connectivity index (χ3v) is 4.18. The van der Waals surface area contributed by atoms with E-state index in [9.17, 15) is 9.59 Å². The van der Waals surface area contributed by atoms with Gasteiger partial charge >= 0.3 is 0 Å². The van der Waals surface area contributed by atoms with E-state index in [2.05, 4.69) is 12.2 Å².